The van der Waals surface area contributed by atoms with Crippen molar-refractivity contribution < 1.29 is 13.7 Å². The van der Waals surface area contributed by atoms with Crippen LogP contribution in [0.1, 0.15) is 40.8 Å². The second-order valence-corrected chi connectivity index (χ2v) is 8.83. The van der Waals surface area contributed by atoms with E-state index in [0.29, 0.717) is 31.1 Å². The van der Waals surface area contributed by atoms with Crippen molar-refractivity contribution in [1.29, 1.82) is 0 Å². The molecule has 0 fully saturated rings. The van der Waals surface area contributed by atoms with Gasteiger partial charge in [0.1, 0.15) is 0 Å². The number of hydrogen-bond donors (Lipinski definition) is 2. The molecule has 0 saturated carbocycles. The Hall–Kier alpha value is -2.19. The van der Waals surface area contributed by atoms with Crippen molar-refractivity contribution in [3.8, 4) is 0 Å². The largest absolute Gasteiger partial charge is 0.379 e. The smallest absolute Gasteiger partial charge is 0.353 e. The van der Waals surface area contributed by atoms with Crippen LogP contribution in [-0.4, -0.2) is 33.2 Å². The zero-order valence-corrected chi connectivity index (χ0v) is 16.6. The molecule has 0 radical (unpaired) electrons. The number of nitrogens with zero attached hydrogens (tertiary/aromatic N) is 3. The lowest BCUT2D eigenvalue weighted by Gasteiger charge is -2.14. The van der Waals surface area contributed by atoms with Crippen LogP contribution in [0.2, 0.25) is 0 Å². The Kier molecular flexibility index (Phi) is 4.68. The molecule has 1 aromatic carbocycles. The summed E-state index contributed by atoms with van der Waals surface area (Å²) in [5.41, 5.74) is 6.98. The number of rotatable bonds is 2. The minimum Gasteiger partial charge on any atom is -0.379 e. The van der Waals surface area contributed by atoms with Gasteiger partial charge in [-0.05, 0) is 60.8 Å². The van der Waals surface area contributed by atoms with E-state index in [1.165, 1.54) is 22.3 Å². The number of ether oxygens (including phenoxy) is 1. The van der Waals surface area contributed by atoms with Gasteiger partial charge in [0.2, 0.25) is 0 Å². The quantitative estimate of drug-likeness (QED) is 0.759. The number of aryl methyl sites for hydroxylation is 2. The van der Waals surface area contributed by atoms with Gasteiger partial charge in [-0.3, -0.25) is 4.68 Å². The Morgan fingerprint density at radius 2 is 1.86 bits per heavy atom. The van der Waals surface area contributed by atoms with Crippen molar-refractivity contribution in [2.75, 3.05) is 18.5 Å². The lowest BCUT2D eigenvalue weighted by atomic mass is 9.99. The first-order valence-corrected chi connectivity index (χ1v) is 11.2. The highest BCUT2D eigenvalue weighted by atomic mass is 32.2. The molecule has 1 unspecified atom stereocenters. The van der Waals surface area contributed by atoms with E-state index in [1.807, 2.05) is 0 Å². The molecule has 2 aromatic rings. The van der Waals surface area contributed by atoms with E-state index in [4.69, 9.17) is 4.74 Å². The van der Waals surface area contributed by atoms with E-state index in [0.717, 1.165) is 49.9 Å². The fourth-order valence-electron chi connectivity index (χ4n) is 4.67. The molecule has 1 atom stereocenters. The van der Waals surface area contributed by atoms with Gasteiger partial charge in [0.05, 0.1) is 47.1 Å². The van der Waals surface area contributed by atoms with E-state index >= 15 is 0 Å². The standard InChI is InChI=1S/C20H24N4O3S/c25-20(23-28(26)18-12-21-24-8-10-27-9-7-17(18)24)22-19-15-5-1-3-13(15)11-14-4-2-6-16(14)19/h11-12,28H,1-10H2,(H,22,25). The number of nitrogens with one attached hydrogen (secondary N) is 1. The van der Waals surface area contributed by atoms with Crippen LogP contribution in [0.25, 0.3) is 0 Å². The summed E-state index contributed by atoms with van der Waals surface area (Å²) >= 11 is 0. The second-order valence-electron chi connectivity index (χ2n) is 7.60. The molecule has 1 aliphatic heterocycles. The first kappa shape index (κ1) is 17.9. The Morgan fingerprint density at radius 3 is 2.61 bits per heavy atom. The molecule has 7 nitrogen and oxygen atoms in total. The molecule has 5 rings (SSSR count). The van der Waals surface area contributed by atoms with Gasteiger partial charge in [-0.15, -0.1) is 4.36 Å². The van der Waals surface area contributed by atoms with Crippen molar-refractivity contribution in [1.82, 2.24) is 9.78 Å². The van der Waals surface area contributed by atoms with Crippen LogP contribution in [0, 0.1) is 0 Å². The molecule has 3 aliphatic rings. The topological polar surface area (TPSA) is 85.6 Å². The van der Waals surface area contributed by atoms with E-state index in [2.05, 4.69) is 20.8 Å². The Bertz CT molecular complexity index is 1000. The number of thiol groups is 1. The predicted molar refractivity (Wildman–Crippen MR) is 106 cm³/mol. The molecule has 28 heavy (non-hydrogen) atoms. The summed E-state index contributed by atoms with van der Waals surface area (Å²) in [4.78, 5) is 13.2. The number of carbonyl (C=O) groups is 1. The van der Waals surface area contributed by atoms with Crippen molar-refractivity contribution >= 4 is 22.3 Å². The number of urea groups is 1. The van der Waals surface area contributed by atoms with Crippen molar-refractivity contribution in [3.63, 3.8) is 0 Å². The lowest BCUT2D eigenvalue weighted by Crippen LogP contribution is -2.12. The normalized spacial score (nSPS) is 19.0. The highest BCUT2D eigenvalue weighted by Crippen LogP contribution is 2.38. The van der Waals surface area contributed by atoms with Gasteiger partial charge in [-0.1, -0.05) is 6.07 Å². The number of benzene rings is 1. The maximum Gasteiger partial charge on any atom is 0.353 e. The van der Waals surface area contributed by atoms with Gasteiger partial charge in [-0.2, -0.15) is 5.10 Å². The SMILES string of the molecule is O=C(/N=[SH](=O)/c1cnn2c1CCOCC2)Nc1c2c(cc3c1CCC3)CCC2. The molecule has 148 valence electrons. The van der Waals surface area contributed by atoms with E-state index < -0.39 is 16.6 Å². The summed E-state index contributed by atoms with van der Waals surface area (Å²) in [7, 11) is -2.19. The maximum absolute atomic E-state index is 12.8. The first-order valence-electron chi connectivity index (χ1n) is 9.99. The molecule has 0 bridgehead atoms. The Morgan fingerprint density at radius 1 is 1.11 bits per heavy atom. The van der Waals surface area contributed by atoms with E-state index in [9.17, 15) is 9.00 Å². The number of carbonyl (C=O) groups excluding carboxylic acids is 1. The van der Waals surface area contributed by atoms with Crippen molar-refractivity contribution in [3.05, 3.63) is 40.2 Å². The van der Waals surface area contributed by atoms with Crippen LogP contribution in [0.4, 0.5) is 10.5 Å². The van der Waals surface area contributed by atoms with Crippen LogP contribution in [0.15, 0.2) is 21.5 Å². The van der Waals surface area contributed by atoms with Gasteiger partial charge < -0.3 is 10.1 Å². The fraction of sp³-hybridized carbons (Fsp3) is 0.500. The minimum absolute atomic E-state index is 0.527. The number of aromatic nitrogens is 2. The molecule has 8 heteroatoms. The molecule has 1 aromatic heterocycles. The van der Waals surface area contributed by atoms with Gasteiger partial charge in [0, 0.05) is 12.1 Å². The number of amides is 2. The summed E-state index contributed by atoms with van der Waals surface area (Å²) in [6.45, 7) is 1.79. The van der Waals surface area contributed by atoms with Crippen molar-refractivity contribution in [2.45, 2.75) is 56.4 Å². The monoisotopic (exact) mass is 400 g/mol. The summed E-state index contributed by atoms with van der Waals surface area (Å²) in [6, 6.07) is 1.79. The van der Waals surface area contributed by atoms with Gasteiger partial charge >= 0.3 is 6.03 Å². The summed E-state index contributed by atoms with van der Waals surface area (Å²) in [6.07, 6.45) is 8.57. The highest BCUT2D eigenvalue weighted by molar-refractivity contribution is 7.75. The lowest BCUT2D eigenvalue weighted by molar-refractivity contribution is 0.138. The van der Waals surface area contributed by atoms with Crippen LogP contribution in [0.3, 0.4) is 0 Å². The first-order chi connectivity index (χ1) is 13.7. The number of fused-ring (bicyclic) bond motifs is 3. The Balaban J connectivity index is 1.43. The van der Waals surface area contributed by atoms with Crippen LogP contribution >= 0.6 is 0 Å². The van der Waals surface area contributed by atoms with E-state index in [-0.39, 0.29) is 0 Å². The molecule has 2 heterocycles. The van der Waals surface area contributed by atoms with Crippen LogP contribution in [-0.2, 0) is 54.0 Å². The van der Waals surface area contributed by atoms with Gasteiger partial charge in [0.25, 0.3) is 0 Å². The van der Waals surface area contributed by atoms with Crippen LogP contribution < -0.4 is 5.32 Å². The molecule has 0 saturated heterocycles. The Labute approximate surface area is 165 Å². The maximum atomic E-state index is 12.8. The molecule has 0 spiro atoms. The minimum atomic E-state index is -2.19. The average Bonchev–Trinajstić information content (AvgIpc) is 3.38. The zero-order chi connectivity index (χ0) is 19.1. The van der Waals surface area contributed by atoms with Crippen LogP contribution in [0.5, 0.6) is 0 Å². The second kappa shape index (κ2) is 7.33. The molecule has 2 amide bonds. The molecular weight excluding hydrogens is 376 g/mol. The van der Waals surface area contributed by atoms with Gasteiger partial charge in [-0.25, -0.2) is 9.00 Å². The third-order valence-electron chi connectivity index (χ3n) is 5.95. The highest BCUT2D eigenvalue weighted by Gasteiger charge is 2.25. The zero-order valence-electron chi connectivity index (χ0n) is 15.7. The summed E-state index contributed by atoms with van der Waals surface area (Å²) < 4.78 is 24.0. The molecular formula is C20H24N4O3S. The number of hydrogen-bond acceptors (Lipinski definition) is 4. The number of anilines is 1. The van der Waals surface area contributed by atoms with Gasteiger partial charge in [0.15, 0.2) is 0 Å². The fourth-order valence-corrected chi connectivity index (χ4v) is 5.59. The third kappa shape index (κ3) is 3.14. The predicted octanol–water partition coefficient (Wildman–Crippen LogP) is 2.69. The molecule has 1 N–H and O–H groups in total. The third-order valence-corrected chi connectivity index (χ3v) is 7.10. The molecule has 2 aliphatic carbocycles. The average molecular weight is 401 g/mol. The summed E-state index contributed by atoms with van der Waals surface area (Å²) in [5.74, 6) is 0. The summed E-state index contributed by atoms with van der Waals surface area (Å²) in [5, 5.41) is 7.27. The van der Waals surface area contributed by atoms with Crippen molar-refractivity contribution in [2.24, 2.45) is 4.36 Å². The van der Waals surface area contributed by atoms with E-state index in [1.54, 1.807) is 10.9 Å².